The molecule has 0 fully saturated rings. The average Bonchev–Trinajstić information content (AvgIpc) is 2.86. The SMILES string of the molecule is C=C(/C=C\C)[C@H]1O[C@H](CCC(=N)S/C=C/CCC(C)=O)C(=C)N(CC(C)(C)C)c2ccc(Cl)cc21. The van der Waals surface area contributed by atoms with Gasteiger partial charge in [0.25, 0.3) is 0 Å². The third kappa shape index (κ3) is 9.14. The van der Waals surface area contributed by atoms with Gasteiger partial charge in [0.15, 0.2) is 0 Å². The Morgan fingerprint density at radius 2 is 2.03 bits per heavy atom. The first-order valence-electron chi connectivity index (χ1n) is 12.0. The summed E-state index contributed by atoms with van der Waals surface area (Å²) in [6, 6.07) is 5.91. The van der Waals surface area contributed by atoms with Gasteiger partial charge in [0.1, 0.15) is 11.9 Å². The average molecular weight is 515 g/mol. The number of halogens is 1. The molecule has 0 aromatic heterocycles. The molecule has 2 atom stereocenters. The van der Waals surface area contributed by atoms with Crippen LogP contribution in [0, 0.1) is 10.8 Å². The van der Waals surface area contributed by atoms with Gasteiger partial charge in [0, 0.05) is 34.9 Å². The lowest BCUT2D eigenvalue weighted by Crippen LogP contribution is -2.36. The van der Waals surface area contributed by atoms with E-state index in [2.05, 4.69) is 38.8 Å². The van der Waals surface area contributed by atoms with Crippen LogP contribution >= 0.6 is 23.4 Å². The Morgan fingerprint density at radius 1 is 1.31 bits per heavy atom. The van der Waals surface area contributed by atoms with Crippen molar-refractivity contribution in [3.63, 3.8) is 0 Å². The predicted molar refractivity (Wildman–Crippen MR) is 153 cm³/mol. The van der Waals surface area contributed by atoms with Crippen LogP contribution in [0.5, 0.6) is 0 Å². The Balaban J connectivity index is 2.30. The third-order valence-corrected chi connectivity index (χ3v) is 6.59. The van der Waals surface area contributed by atoms with E-state index in [-0.39, 0.29) is 23.4 Å². The van der Waals surface area contributed by atoms with Gasteiger partial charge >= 0.3 is 0 Å². The molecule has 0 saturated carbocycles. The number of allylic oxidation sites excluding steroid dienone is 2. The first-order valence-corrected chi connectivity index (χ1v) is 13.3. The van der Waals surface area contributed by atoms with Crippen LogP contribution in [-0.4, -0.2) is 23.5 Å². The number of nitrogens with zero attached hydrogens (tertiary/aromatic N) is 1. The first-order chi connectivity index (χ1) is 16.4. The summed E-state index contributed by atoms with van der Waals surface area (Å²) in [5.41, 5.74) is 3.77. The van der Waals surface area contributed by atoms with E-state index in [0.29, 0.717) is 35.7 Å². The molecule has 1 aliphatic rings. The van der Waals surface area contributed by atoms with Crippen LogP contribution in [0.25, 0.3) is 0 Å². The standard InChI is InChI=1S/C29H39ClN2O2S/c1-8-11-20(2)28-24-18-23(30)13-14-25(24)32(19-29(5,6)7)22(4)26(34-28)15-16-27(31)35-17-10-9-12-21(3)33/h8,10-11,13-14,17-18,26,28,31H,2,4,9,12,15-16,19H2,1,3,5-7H3/b11-8-,17-10+,31-27?/t26-,28-/m1/s1. The number of nitrogens with one attached hydrogen (secondary N) is 1. The summed E-state index contributed by atoms with van der Waals surface area (Å²) in [7, 11) is 0. The van der Waals surface area contributed by atoms with Crippen molar-refractivity contribution in [2.24, 2.45) is 5.41 Å². The van der Waals surface area contributed by atoms with Crippen molar-refractivity contribution < 1.29 is 9.53 Å². The zero-order chi connectivity index (χ0) is 26.2. The molecule has 1 aliphatic heterocycles. The van der Waals surface area contributed by atoms with Crippen molar-refractivity contribution in [1.29, 1.82) is 5.41 Å². The van der Waals surface area contributed by atoms with E-state index in [9.17, 15) is 4.79 Å². The van der Waals surface area contributed by atoms with Crippen LogP contribution in [0.4, 0.5) is 5.69 Å². The lowest BCUT2D eigenvalue weighted by molar-refractivity contribution is -0.116. The Kier molecular flexibility index (Phi) is 11.1. The summed E-state index contributed by atoms with van der Waals surface area (Å²) in [5.74, 6) is 0.176. The Hall–Kier alpha value is -2.08. The number of anilines is 1. The predicted octanol–water partition coefficient (Wildman–Crippen LogP) is 8.65. The summed E-state index contributed by atoms with van der Waals surface area (Å²) in [5, 5.41) is 11.5. The van der Waals surface area contributed by atoms with Crippen molar-refractivity contribution in [3.8, 4) is 0 Å². The number of ketones is 1. The number of rotatable bonds is 10. The molecule has 0 bridgehead atoms. The minimum atomic E-state index is -0.361. The fourth-order valence-electron chi connectivity index (χ4n) is 3.92. The zero-order valence-corrected chi connectivity index (χ0v) is 23.3. The molecule has 1 aromatic rings. The highest BCUT2D eigenvalue weighted by molar-refractivity contribution is 8.16. The second-order valence-electron chi connectivity index (χ2n) is 10.1. The first kappa shape index (κ1) is 29.2. The van der Waals surface area contributed by atoms with E-state index in [1.165, 1.54) is 11.8 Å². The molecule has 0 aliphatic carbocycles. The molecule has 190 valence electrons. The van der Waals surface area contributed by atoms with Crippen molar-refractivity contribution in [2.45, 2.75) is 72.5 Å². The number of hydrogen-bond acceptors (Lipinski definition) is 5. The second kappa shape index (κ2) is 13.3. The molecule has 1 N–H and O–H groups in total. The van der Waals surface area contributed by atoms with E-state index in [1.54, 1.807) is 6.92 Å². The molecular weight excluding hydrogens is 476 g/mol. The molecule has 0 saturated heterocycles. The minimum Gasteiger partial charge on any atom is -0.359 e. The summed E-state index contributed by atoms with van der Waals surface area (Å²) in [6.45, 7) is 19.7. The fourth-order valence-corrected chi connectivity index (χ4v) is 4.73. The normalized spacial score (nSPS) is 18.7. The van der Waals surface area contributed by atoms with Gasteiger partial charge in [-0.1, -0.05) is 75.5 Å². The maximum absolute atomic E-state index is 11.1. The molecule has 4 nitrogen and oxygen atoms in total. The van der Waals surface area contributed by atoms with Crippen LogP contribution in [0.15, 0.2) is 66.3 Å². The smallest absolute Gasteiger partial charge is 0.130 e. The van der Waals surface area contributed by atoms with E-state index >= 15 is 0 Å². The molecule has 0 radical (unpaired) electrons. The Morgan fingerprint density at radius 3 is 2.66 bits per heavy atom. The summed E-state index contributed by atoms with van der Waals surface area (Å²) < 4.78 is 6.67. The number of ether oxygens (including phenoxy) is 1. The fraction of sp³-hybridized carbons (Fsp3) is 0.448. The molecule has 1 heterocycles. The molecule has 0 spiro atoms. The number of benzene rings is 1. The number of carbonyl (C=O) groups excluding carboxylic acids is 1. The topological polar surface area (TPSA) is 53.4 Å². The number of fused-ring (bicyclic) bond motifs is 1. The highest BCUT2D eigenvalue weighted by Gasteiger charge is 2.34. The van der Waals surface area contributed by atoms with E-state index in [0.717, 1.165) is 29.1 Å². The van der Waals surface area contributed by atoms with Crippen LogP contribution in [0.2, 0.25) is 5.02 Å². The van der Waals surface area contributed by atoms with Gasteiger partial charge in [-0.2, -0.15) is 0 Å². The Bertz CT molecular complexity index is 1010. The second-order valence-corrected chi connectivity index (χ2v) is 11.6. The number of Topliss-reactive ketones (excluding diaryl/α,β-unsaturated/α-hetero) is 1. The van der Waals surface area contributed by atoms with Gasteiger partial charge in [0.2, 0.25) is 0 Å². The molecule has 1 aromatic carbocycles. The number of carbonyl (C=O) groups is 1. The zero-order valence-electron chi connectivity index (χ0n) is 21.7. The van der Waals surface area contributed by atoms with E-state index < -0.39 is 0 Å². The summed E-state index contributed by atoms with van der Waals surface area (Å²) in [6.07, 6.45) is 7.67. The van der Waals surface area contributed by atoms with E-state index in [4.69, 9.17) is 21.7 Å². The van der Waals surface area contributed by atoms with Crippen LogP contribution in [0.1, 0.15) is 72.0 Å². The third-order valence-electron chi connectivity index (χ3n) is 5.53. The van der Waals surface area contributed by atoms with Gasteiger partial charge in [-0.15, -0.1) is 0 Å². The largest absolute Gasteiger partial charge is 0.359 e. The lowest BCUT2D eigenvalue weighted by Gasteiger charge is -2.35. The van der Waals surface area contributed by atoms with Gasteiger partial charge in [-0.25, -0.2) is 0 Å². The van der Waals surface area contributed by atoms with Gasteiger partial charge in [0.05, 0.1) is 11.1 Å². The van der Waals surface area contributed by atoms with Gasteiger partial charge in [-0.05, 0) is 67.7 Å². The molecule has 35 heavy (non-hydrogen) atoms. The molecule has 6 heteroatoms. The Labute approximate surface area is 220 Å². The molecule has 0 unspecified atom stereocenters. The van der Waals surface area contributed by atoms with Crippen LogP contribution in [-0.2, 0) is 9.53 Å². The minimum absolute atomic E-state index is 0.0256. The van der Waals surface area contributed by atoms with Crippen LogP contribution < -0.4 is 4.90 Å². The van der Waals surface area contributed by atoms with E-state index in [1.807, 2.05) is 48.8 Å². The summed E-state index contributed by atoms with van der Waals surface area (Å²) in [4.78, 5) is 13.3. The highest BCUT2D eigenvalue weighted by Crippen LogP contribution is 2.43. The summed E-state index contributed by atoms with van der Waals surface area (Å²) >= 11 is 7.81. The maximum Gasteiger partial charge on any atom is 0.130 e. The van der Waals surface area contributed by atoms with Crippen molar-refractivity contribution >= 4 is 39.9 Å². The van der Waals surface area contributed by atoms with Crippen molar-refractivity contribution in [3.05, 3.63) is 76.8 Å². The number of hydrogen-bond donors (Lipinski definition) is 1. The van der Waals surface area contributed by atoms with Crippen molar-refractivity contribution in [1.82, 2.24) is 0 Å². The quantitative estimate of drug-likeness (QED) is 0.193. The molecule has 2 rings (SSSR count). The molecule has 0 amide bonds. The lowest BCUT2D eigenvalue weighted by atomic mass is 9.94. The maximum atomic E-state index is 11.1. The molecular formula is C29H39ClN2O2S. The highest BCUT2D eigenvalue weighted by atomic mass is 35.5. The number of thioether (sulfide) groups is 1. The van der Waals surface area contributed by atoms with Crippen molar-refractivity contribution in [2.75, 3.05) is 11.4 Å². The van der Waals surface area contributed by atoms with Gasteiger partial charge < -0.3 is 14.4 Å². The van der Waals surface area contributed by atoms with Crippen LogP contribution in [0.3, 0.4) is 0 Å². The van der Waals surface area contributed by atoms with Gasteiger partial charge in [-0.3, -0.25) is 5.41 Å². The monoisotopic (exact) mass is 514 g/mol.